The van der Waals surface area contributed by atoms with Gasteiger partial charge in [-0.25, -0.2) is 0 Å². The fraction of sp³-hybridized carbons (Fsp3) is 0.615. The van der Waals surface area contributed by atoms with Gasteiger partial charge in [-0.3, -0.25) is 4.79 Å². The van der Waals surface area contributed by atoms with Crippen molar-refractivity contribution in [2.75, 3.05) is 18.9 Å². The maximum atomic E-state index is 11.8. The summed E-state index contributed by atoms with van der Waals surface area (Å²) < 4.78 is 7.40. The van der Waals surface area contributed by atoms with E-state index in [-0.39, 0.29) is 12.0 Å². The van der Waals surface area contributed by atoms with Crippen molar-refractivity contribution in [3.05, 3.63) is 18.5 Å². The highest BCUT2D eigenvalue weighted by atomic mass is 32.2. The Morgan fingerprint density at radius 1 is 1.65 bits per heavy atom. The lowest BCUT2D eigenvalue weighted by Crippen LogP contribution is -2.32. The smallest absolute Gasteiger partial charge is 0.230 e. The van der Waals surface area contributed by atoms with Crippen LogP contribution in [0.2, 0.25) is 0 Å². The van der Waals surface area contributed by atoms with Crippen molar-refractivity contribution in [1.82, 2.24) is 20.1 Å². The second-order valence-electron chi connectivity index (χ2n) is 4.66. The zero-order chi connectivity index (χ0) is 14.4. The highest BCUT2D eigenvalue weighted by Gasteiger charge is 2.16. The first-order valence-electron chi connectivity index (χ1n) is 6.72. The molecule has 0 spiro atoms. The summed E-state index contributed by atoms with van der Waals surface area (Å²) in [7, 11) is 0. The minimum absolute atomic E-state index is 0.00342. The number of aryl methyl sites for hydroxylation is 1. The standard InChI is InChI=1S/C13H20N4O2S/c1-3-6-17-10(2)15-16-13(17)20-9-12(18)14-8-11-5-4-7-19-11/h3,11H,1,4-9H2,2H3,(H,14,18). The third-order valence-electron chi connectivity index (χ3n) is 3.10. The fourth-order valence-electron chi connectivity index (χ4n) is 2.02. The molecule has 110 valence electrons. The Balaban J connectivity index is 1.76. The molecule has 1 N–H and O–H groups in total. The Morgan fingerprint density at radius 3 is 3.20 bits per heavy atom. The zero-order valence-electron chi connectivity index (χ0n) is 11.7. The summed E-state index contributed by atoms with van der Waals surface area (Å²) in [6.07, 6.45) is 4.08. The second kappa shape index (κ2) is 7.44. The van der Waals surface area contributed by atoms with Crippen molar-refractivity contribution in [3.8, 4) is 0 Å². The molecule has 1 unspecified atom stereocenters. The Hall–Kier alpha value is -1.34. The van der Waals surface area contributed by atoms with Crippen LogP contribution in [-0.4, -0.2) is 45.7 Å². The molecule has 1 saturated heterocycles. The molecule has 1 aliphatic heterocycles. The van der Waals surface area contributed by atoms with Gasteiger partial charge in [-0.05, 0) is 19.8 Å². The minimum atomic E-state index is -0.00342. The molecule has 1 atom stereocenters. The second-order valence-corrected chi connectivity index (χ2v) is 5.60. The van der Waals surface area contributed by atoms with Crippen LogP contribution in [0.3, 0.4) is 0 Å². The van der Waals surface area contributed by atoms with Crippen molar-refractivity contribution in [2.24, 2.45) is 0 Å². The molecule has 1 aromatic heterocycles. The first kappa shape index (κ1) is 15.1. The Bertz CT molecular complexity index is 469. The van der Waals surface area contributed by atoms with Crippen LogP contribution in [-0.2, 0) is 16.1 Å². The van der Waals surface area contributed by atoms with E-state index in [4.69, 9.17) is 4.74 Å². The maximum Gasteiger partial charge on any atom is 0.230 e. The summed E-state index contributed by atoms with van der Waals surface area (Å²) in [5.74, 6) is 1.16. The predicted molar refractivity (Wildman–Crippen MR) is 77.7 cm³/mol. The van der Waals surface area contributed by atoms with E-state index >= 15 is 0 Å². The molecule has 0 radical (unpaired) electrons. The highest BCUT2D eigenvalue weighted by molar-refractivity contribution is 7.99. The summed E-state index contributed by atoms with van der Waals surface area (Å²) in [6.45, 7) is 7.65. The molecule has 1 amide bonds. The molecule has 1 fully saturated rings. The predicted octanol–water partition coefficient (Wildman–Crippen LogP) is 1.16. The van der Waals surface area contributed by atoms with Crippen LogP contribution in [0.1, 0.15) is 18.7 Å². The van der Waals surface area contributed by atoms with Gasteiger partial charge in [-0.1, -0.05) is 17.8 Å². The molecule has 20 heavy (non-hydrogen) atoms. The summed E-state index contributed by atoms with van der Waals surface area (Å²) in [6, 6.07) is 0. The third kappa shape index (κ3) is 4.08. The fourth-order valence-corrected chi connectivity index (χ4v) is 2.85. The lowest BCUT2D eigenvalue weighted by atomic mass is 10.2. The van der Waals surface area contributed by atoms with Crippen LogP contribution in [0.25, 0.3) is 0 Å². The van der Waals surface area contributed by atoms with Crippen molar-refractivity contribution in [2.45, 2.75) is 37.6 Å². The van der Waals surface area contributed by atoms with Crippen LogP contribution >= 0.6 is 11.8 Å². The summed E-state index contributed by atoms with van der Waals surface area (Å²) in [5.41, 5.74) is 0. The Labute approximate surface area is 123 Å². The van der Waals surface area contributed by atoms with Crippen LogP contribution < -0.4 is 5.32 Å². The van der Waals surface area contributed by atoms with E-state index in [1.165, 1.54) is 11.8 Å². The summed E-state index contributed by atoms with van der Waals surface area (Å²) in [4.78, 5) is 11.8. The van der Waals surface area contributed by atoms with Crippen molar-refractivity contribution < 1.29 is 9.53 Å². The quantitative estimate of drug-likeness (QED) is 0.604. The van der Waals surface area contributed by atoms with Gasteiger partial charge in [0, 0.05) is 19.7 Å². The number of hydrogen-bond acceptors (Lipinski definition) is 5. The molecule has 1 aliphatic rings. The normalized spacial score (nSPS) is 18.1. The van der Waals surface area contributed by atoms with Gasteiger partial charge in [0.25, 0.3) is 0 Å². The van der Waals surface area contributed by atoms with Gasteiger partial charge in [-0.15, -0.1) is 16.8 Å². The summed E-state index contributed by atoms with van der Waals surface area (Å²) in [5, 5.41) is 11.7. The van der Waals surface area contributed by atoms with Gasteiger partial charge in [0.2, 0.25) is 5.91 Å². The van der Waals surface area contributed by atoms with Crippen LogP contribution in [0, 0.1) is 6.92 Å². The number of allylic oxidation sites excluding steroid dienone is 1. The first-order chi connectivity index (χ1) is 9.70. The Morgan fingerprint density at radius 2 is 2.50 bits per heavy atom. The van der Waals surface area contributed by atoms with E-state index in [0.717, 1.165) is 30.4 Å². The van der Waals surface area contributed by atoms with E-state index in [1.54, 1.807) is 6.08 Å². The average Bonchev–Trinajstić information content (AvgIpc) is 3.06. The van der Waals surface area contributed by atoms with Gasteiger partial charge in [0.05, 0.1) is 11.9 Å². The first-order valence-corrected chi connectivity index (χ1v) is 7.71. The van der Waals surface area contributed by atoms with Gasteiger partial charge < -0.3 is 14.6 Å². The molecular weight excluding hydrogens is 276 g/mol. The number of carbonyl (C=O) groups is 1. The van der Waals surface area contributed by atoms with E-state index < -0.39 is 0 Å². The van der Waals surface area contributed by atoms with Crippen LogP contribution in [0.4, 0.5) is 0 Å². The van der Waals surface area contributed by atoms with Crippen molar-refractivity contribution in [3.63, 3.8) is 0 Å². The third-order valence-corrected chi connectivity index (χ3v) is 4.06. The van der Waals surface area contributed by atoms with Gasteiger partial charge in [0.1, 0.15) is 5.82 Å². The number of thioether (sulfide) groups is 1. The maximum absolute atomic E-state index is 11.8. The largest absolute Gasteiger partial charge is 0.376 e. The van der Waals surface area contributed by atoms with Crippen LogP contribution in [0.5, 0.6) is 0 Å². The number of ether oxygens (including phenoxy) is 1. The molecular formula is C13H20N4O2S. The molecule has 2 rings (SSSR count). The number of carbonyl (C=O) groups excluding carboxylic acids is 1. The number of nitrogens with one attached hydrogen (secondary N) is 1. The molecule has 2 heterocycles. The zero-order valence-corrected chi connectivity index (χ0v) is 12.5. The lowest BCUT2D eigenvalue weighted by molar-refractivity contribution is -0.119. The molecule has 0 aliphatic carbocycles. The Kier molecular flexibility index (Phi) is 5.60. The molecule has 6 nitrogen and oxygen atoms in total. The number of rotatable bonds is 7. The molecule has 7 heteroatoms. The SMILES string of the molecule is C=CCn1c(C)nnc1SCC(=O)NCC1CCCO1. The van der Waals surface area contributed by atoms with Crippen molar-refractivity contribution in [1.29, 1.82) is 0 Å². The molecule has 0 bridgehead atoms. The van der Waals surface area contributed by atoms with E-state index in [1.807, 2.05) is 11.5 Å². The topological polar surface area (TPSA) is 69.0 Å². The monoisotopic (exact) mass is 296 g/mol. The number of aromatic nitrogens is 3. The minimum Gasteiger partial charge on any atom is -0.376 e. The van der Waals surface area contributed by atoms with E-state index in [9.17, 15) is 4.79 Å². The molecule has 0 aromatic carbocycles. The molecule has 0 saturated carbocycles. The van der Waals surface area contributed by atoms with Gasteiger partial charge in [-0.2, -0.15) is 0 Å². The van der Waals surface area contributed by atoms with Gasteiger partial charge in [0.15, 0.2) is 5.16 Å². The summed E-state index contributed by atoms with van der Waals surface area (Å²) >= 11 is 1.39. The number of amides is 1. The van der Waals surface area contributed by atoms with E-state index in [2.05, 4.69) is 22.1 Å². The molecule has 1 aromatic rings. The van der Waals surface area contributed by atoms with Crippen molar-refractivity contribution >= 4 is 17.7 Å². The lowest BCUT2D eigenvalue weighted by Gasteiger charge is -2.10. The highest BCUT2D eigenvalue weighted by Crippen LogP contribution is 2.16. The van der Waals surface area contributed by atoms with Crippen LogP contribution in [0.15, 0.2) is 17.8 Å². The van der Waals surface area contributed by atoms with Gasteiger partial charge >= 0.3 is 0 Å². The number of nitrogens with zero attached hydrogens (tertiary/aromatic N) is 3. The average molecular weight is 296 g/mol. The number of hydrogen-bond donors (Lipinski definition) is 1. The van der Waals surface area contributed by atoms with E-state index in [0.29, 0.717) is 18.8 Å².